The Morgan fingerprint density at radius 1 is 1.62 bits per heavy atom. The molecule has 0 aromatic heterocycles. The summed E-state index contributed by atoms with van der Waals surface area (Å²) >= 11 is 5.45. The largest absolute Gasteiger partial charge is 0.465 e. The number of benzene rings is 1. The van der Waals surface area contributed by atoms with Crippen molar-refractivity contribution in [2.24, 2.45) is 0 Å². The average molecular weight is 355 g/mol. The summed E-state index contributed by atoms with van der Waals surface area (Å²) in [7, 11) is 1.39. The van der Waals surface area contributed by atoms with Crippen LogP contribution >= 0.6 is 38.5 Å². The number of carbonyl (C=O) groups excluding carboxylic acids is 1. The molecule has 0 radical (unpaired) electrons. The minimum absolute atomic E-state index is 0.285. The van der Waals surface area contributed by atoms with Gasteiger partial charge in [0.15, 0.2) is 0 Å². The first-order chi connectivity index (χ1) is 6.19. The highest BCUT2D eigenvalue weighted by atomic mass is 127. The second kappa shape index (κ2) is 4.95. The van der Waals surface area contributed by atoms with Crippen molar-refractivity contribution in [2.45, 2.75) is 5.33 Å². The van der Waals surface area contributed by atoms with Gasteiger partial charge < -0.3 is 4.74 Å². The fraction of sp³-hybridized carbons (Fsp3) is 0.222. The fourth-order valence-electron chi connectivity index (χ4n) is 0.922. The number of hydrogen-bond donors (Lipinski definition) is 0. The Balaban J connectivity index is 3.11. The standard InChI is InChI=1S/C9H8BrIO2/c1-13-9(12)7-4-6(5-10)2-3-8(7)11/h2-4H,5H2,1H3. The molecule has 0 aliphatic rings. The first kappa shape index (κ1) is 11.0. The Kier molecular flexibility index (Phi) is 4.18. The van der Waals surface area contributed by atoms with E-state index in [9.17, 15) is 4.79 Å². The lowest BCUT2D eigenvalue weighted by Crippen LogP contribution is -2.04. The van der Waals surface area contributed by atoms with Gasteiger partial charge in [0.1, 0.15) is 0 Å². The van der Waals surface area contributed by atoms with Crippen LogP contribution in [0.3, 0.4) is 0 Å². The molecule has 1 rings (SSSR count). The third-order valence-corrected chi connectivity index (χ3v) is 3.18. The van der Waals surface area contributed by atoms with Gasteiger partial charge in [0.25, 0.3) is 0 Å². The third-order valence-electron chi connectivity index (χ3n) is 1.59. The number of esters is 1. The molecule has 0 fully saturated rings. The molecule has 1 aromatic rings. The van der Waals surface area contributed by atoms with Crippen LogP contribution < -0.4 is 0 Å². The molecule has 0 saturated heterocycles. The van der Waals surface area contributed by atoms with E-state index < -0.39 is 0 Å². The van der Waals surface area contributed by atoms with Crippen molar-refractivity contribution in [3.05, 3.63) is 32.9 Å². The molecule has 0 saturated carbocycles. The van der Waals surface area contributed by atoms with E-state index in [0.29, 0.717) is 5.56 Å². The van der Waals surface area contributed by atoms with Crippen LogP contribution in [0.15, 0.2) is 18.2 Å². The number of hydrogen-bond acceptors (Lipinski definition) is 2. The molecule has 0 spiro atoms. The molecule has 0 N–H and O–H groups in total. The normalized spacial score (nSPS) is 9.77. The van der Waals surface area contributed by atoms with Crippen LogP contribution in [0.2, 0.25) is 0 Å². The Labute approximate surface area is 98.9 Å². The summed E-state index contributed by atoms with van der Waals surface area (Å²) in [6.45, 7) is 0. The second-order valence-electron chi connectivity index (χ2n) is 2.44. The van der Waals surface area contributed by atoms with E-state index in [2.05, 4.69) is 43.3 Å². The van der Waals surface area contributed by atoms with E-state index in [1.807, 2.05) is 18.2 Å². The third kappa shape index (κ3) is 2.67. The van der Waals surface area contributed by atoms with Crippen molar-refractivity contribution in [2.75, 3.05) is 7.11 Å². The zero-order valence-electron chi connectivity index (χ0n) is 7.01. The Morgan fingerprint density at radius 2 is 2.31 bits per heavy atom. The van der Waals surface area contributed by atoms with Crippen molar-refractivity contribution in [3.8, 4) is 0 Å². The van der Waals surface area contributed by atoms with Crippen LogP contribution in [0.25, 0.3) is 0 Å². The number of carbonyl (C=O) groups is 1. The number of rotatable bonds is 2. The van der Waals surface area contributed by atoms with Gasteiger partial charge in [-0.3, -0.25) is 0 Å². The minimum Gasteiger partial charge on any atom is -0.465 e. The molecule has 0 unspecified atom stereocenters. The Hall–Kier alpha value is -0.100. The monoisotopic (exact) mass is 354 g/mol. The molecule has 1 aromatic carbocycles. The maximum Gasteiger partial charge on any atom is 0.338 e. The molecule has 0 bridgehead atoms. The smallest absolute Gasteiger partial charge is 0.338 e. The van der Waals surface area contributed by atoms with Crippen LogP contribution in [-0.2, 0) is 10.1 Å². The lowest BCUT2D eigenvalue weighted by Gasteiger charge is -2.03. The zero-order valence-corrected chi connectivity index (χ0v) is 10.8. The molecule has 0 amide bonds. The van der Waals surface area contributed by atoms with Gasteiger partial charge in [-0.05, 0) is 40.3 Å². The second-order valence-corrected chi connectivity index (χ2v) is 4.16. The highest BCUT2D eigenvalue weighted by Crippen LogP contribution is 2.17. The summed E-state index contributed by atoms with van der Waals surface area (Å²) in [6, 6.07) is 5.72. The van der Waals surface area contributed by atoms with Crippen molar-refractivity contribution in [3.63, 3.8) is 0 Å². The van der Waals surface area contributed by atoms with Gasteiger partial charge >= 0.3 is 5.97 Å². The molecule has 70 valence electrons. The summed E-state index contributed by atoms with van der Waals surface area (Å²) < 4.78 is 5.57. The lowest BCUT2D eigenvalue weighted by atomic mass is 10.1. The molecule has 0 heterocycles. The molecule has 13 heavy (non-hydrogen) atoms. The summed E-state index contributed by atoms with van der Waals surface area (Å²) in [6.07, 6.45) is 0. The van der Waals surface area contributed by atoms with Gasteiger partial charge in [0.05, 0.1) is 12.7 Å². The van der Waals surface area contributed by atoms with E-state index in [0.717, 1.165) is 14.5 Å². The summed E-state index contributed by atoms with van der Waals surface area (Å²) in [5.74, 6) is -0.285. The molecule has 2 nitrogen and oxygen atoms in total. The molecule has 0 aliphatic carbocycles. The highest BCUT2D eigenvalue weighted by Gasteiger charge is 2.09. The first-order valence-electron chi connectivity index (χ1n) is 3.61. The van der Waals surface area contributed by atoms with Crippen LogP contribution in [0.4, 0.5) is 0 Å². The van der Waals surface area contributed by atoms with E-state index in [-0.39, 0.29) is 5.97 Å². The number of halogens is 2. The van der Waals surface area contributed by atoms with Gasteiger partial charge in [-0.1, -0.05) is 22.0 Å². The van der Waals surface area contributed by atoms with Crippen LogP contribution in [0.5, 0.6) is 0 Å². The highest BCUT2D eigenvalue weighted by molar-refractivity contribution is 14.1. The Morgan fingerprint density at radius 3 is 2.85 bits per heavy atom. The summed E-state index contributed by atoms with van der Waals surface area (Å²) in [5.41, 5.74) is 1.70. The molecule has 0 atom stereocenters. The van der Waals surface area contributed by atoms with Gasteiger partial charge in [-0.2, -0.15) is 0 Å². The van der Waals surface area contributed by atoms with E-state index in [4.69, 9.17) is 0 Å². The number of ether oxygens (including phenoxy) is 1. The predicted octanol–water partition coefficient (Wildman–Crippen LogP) is 2.97. The molecule has 4 heteroatoms. The van der Waals surface area contributed by atoms with E-state index in [1.165, 1.54) is 7.11 Å². The van der Waals surface area contributed by atoms with Gasteiger partial charge in [0, 0.05) is 8.90 Å². The van der Waals surface area contributed by atoms with Crippen LogP contribution in [0.1, 0.15) is 15.9 Å². The van der Waals surface area contributed by atoms with Crippen LogP contribution in [-0.4, -0.2) is 13.1 Å². The van der Waals surface area contributed by atoms with Crippen molar-refractivity contribution >= 4 is 44.5 Å². The van der Waals surface area contributed by atoms with E-state index >= 15 is 0 Å². The summed E-state index contributed by atoms with van der Waals surface area (Å²) in [4.78, 5) is 11.3. The zero-order chi connectivity index (χ0) is 9.84. The van der Waals surface area contributed by atoms with Crippen LogP contribution in [0, 0.1) is 3.57 Å². The maximum atomic E-state index is 11.3. The Bertz CT molecular complexity index is 325. The quantitative estimate of drug-likeness (QED) is 0.463. The molecular formula is C9H8BrIO2. The number of methoxy groups -OCH3 is 1. The topological polar surface area (TPSA) is 26.3 Å². The molecular weight excluding hydrogens is 347 g/mol. The summed E-state index contributed by atoms with van der Waals surface area (Å²) in [5, 5.41) is 0.744. The van der Waals surface area contributed by atoms with Gasteiger partial charge in [-0.15, -0.1) is 0 Å². The van der Waals surface area contributed by atoms with E-state index in [1.54, 1.807) is 0 Å². The average Bonchev–Trinajstić information content (AvgIpc) is 2.17. The van der Waals surface area contributed by atoms with Crippen molar-refractivity contribution in [1.29, 1.82) is 0 Å². The maximum absolute atomic E-state index is 11.3. The minimum atomic E-state index is -0.285. The van der Waals surface area contributed by atoms with Gasteiger partial charge in [-0.25, -0.2) is 4.79 Å². The predicted molar refractivity (Wildman–Crippen MR) is 63.1 cm³/mol. The molecule has 0 aliphatic heterocycles. The first-order valence-corrected chi connectivity index (χ1v) is 5.81. The van der Waals surface area contributed by atoms with Gasteiger partial charge in [0.2, 0.25) is 0 Å². The van der Waals surface area contributed by atoms with Crippen molar-refractivity contribution < 1.29 is 9.53 Å². The fourth-order valence-corrected chi connectivity index (χ4v) is 1.83. The van der Waals surface area contributed by atoms with Crippen molar-refractivity contribution in [1.82, 2.24) is 0 Å². The number of alkyl halides is 1. The lowest BCUT2D eigenvalue weighted by molar-refractivity contribution is 0.0599. The SMILES string of the molecule is COC(=O)c1cc(CBr)ccc1I.